The quantitative estimate of drug-likeness (QED) is 0.314. The van der Waals surface area contributed by atoms with Gasteiger partial charge in [-0.1, -0.05) is 0 Å². The number of carbonyl (C=O) groups is 1. The molecule has 0 spiro atoms. The topological polar surface area (TPSA) is 119 Å². The Bertz CT molecular complexity index is 1580. The average molecular weight is 576 g/mol. The molecule has 2 aliphatic rings. The van der Waals surface area contributed by atoms with Gasteiger partial charge in [0.15, 0.2) is 23.3 Å². The first-order valence-electron chi connectivity index (χ1n) is 13.6. The van der Waals surface area contributed by atoms with Gasteiger partial charge in [0.25, 0.3) is 0 Å². The highest BCUT2D eigenvalue weighted by atomic mass is 16.6. The molecule has 0 aliphatic carbocycles. The molecule has 5 heterocycles. The number of ether oxygens (including phenoxy) is 6. The zero-order chi connectivity index (χ0) is 29.4. The van der Waals surface area contributed by atoms with Crippen molar-refractivity contribution < 1.29 is 33.2 Å². The van der Waals surface area contributed by atoms with Crippen molar-refractivity contribution in [3.05, 3.63) is 60.2 Å². The highest BCUT2D eigenvalue weighted by Gasteiger charge is 2.35. The Morgan fingerprint density at radius 2 is 1.88 bits per heavy atom. The van der Waals surface area contributed by atoms with Crippen LogP contribution in [0.2, 0.25) is 0 Å². The second-order valence-electron chi connectivity index (χ2n) is 11.2. The van der Waals surface area contributed by atoms with Crippen molar-refractivity contribution >= 4 is 17.3 Å². The predicted octanol–water partition coefficient (Wildman–Crippen LogP) is 4.40. The molecule has 0 N–H and O–H groups in total. The maximum Gasteiger partial charge on any atom is 0.410 e. The van der Waals surface area contributed by atoms with Gasteiger partial charge in [-0.3, -0.25) is 0 Å². The number of carbonyl (C=O) groups excluding carboxylic acids is 1. The number of fused-ring (bicyclic) bond motifs is 2. The summed E-state index contributed by atoms with van der Waals surface area (Å²) in [5, 5.41) is 0. The van der Waals surface area contributed by atoms with E-state index in [1.165, 1.54) is 0 Å². The average Bonchev–Trinajstić information content (AvgIpc) is 3.34. The van der Waals surface area contributed by atoms with E-state index >= 15 is 0 Å². The van der Waals surface area contributed by atoms with E-state index in [1.54, 1.807) is 43.9 Å². The van der Waals surface area contributed by atoms with Gasteiger partial charge in [0.05, 0.1) is 46.4 Å². The molecule has 6 rings (SSSR count). The fraction of sp³-hybridized carbons (Fsp3) is 0.400. The predicted molar refractivity (Wildman–Crippen MR) is 151 cm³/mol. The zero-order valence-corrected chi connectivity index (χ0v) is 24.2. The number of amides is 1. The summed E-state index contributed by atoms with van der Waals surface area (Å²) in [5.41, 5.74) is 2.71. The molecule has 1 fully saturated rings. The van der Waals surface area contributed by atoms with Crippen LogP contribution in [0, 0.1) is 0 Å². The molecule has 12 nitrogen and oxygen atoms in total. The number of imidazole rings is 1. The summed E-state index contributed by atoms with van der Waals surface area (Å²) in [4.78, 5) is 27.2. The van der Waals surface area contributed by atoms with Gasteiger partial charge in [0.2, 0.25) is 11.6 Å². The molecule has 220 valence electrons. The lowest BCUT2D eigenvalue weighted by atomic mass is 10.1. The molecule has 4 aromatic rings. The normalized spacial score (nSPS) is 16.6. The summed E-state index contributed by atoms with van der Waals surface area (Å²) in [5.74, 6) is 2.86. The largest absolute Gasteiger partial charge is 0.493 e. The van der Waals surface area contributed by atoms with Crippen LogP contribution >= 0.6 is 0 Å². The number of likely N-dealkylation sites (tertiary alicyclic amines) is 1. The first kappa shape index (κ1) is 27.4. The number of aromatic nitrogens is 4. The first-order valence-corrected chi connectivity index (χ1v) is 13.6. The van der Waals surface area contributed by atoms with Gasteiger partial charge < -0.3 is 37.9 Å². The van der Waals surface area contributed by atoms with Crippen molar-refractivity contribution in [3.8, 4) is 28.9 Å². The van der Waals surface area contributed by atoms with Crippen LogP contribution in [-0.2, 0) is 11.3 Å². The fourth-order valence-corrected chi connectivity index (χ4v) is 4.79. The molecular weight excluding hydrogens is 542 g/mol. The number of methoxy groups -OCH3 is 2. The summed E-state index contributed by atoms with van der Waals surface area (Å²) in [7, 11) is 3.18. The van der Waals surface area contributed by atoms with Crippen molar-refractivity contribution in [1.82, 2.24) is 24.4 Å². The number of hydrogen-bond donors (Lipinski definition) is 0. The Morgan fingerprint density at radius 1 is 1.05 bits per heavy atom. The van der Waals surface area contributed by atoms with Gasteiger partial charge in [-0.15, -0.1) is 0 Å². The molecule has 12 heteroatoms. The number of rotatable bonds is 7. The van der Waals surface area contributed by atoms with Crippen LogP contribution in [0.3, 0.4) is 0 Å². The van der Waals surface area contributed by atoms with Crippen molar-refractivity contribution in [2.45, 2.75) is 45.1 Å². The Labute approximate surface area is 243 Å². The summed E-state index contributed by atoms with van der Waals surface area (Å²) < 4.78 is 36.6. The van der Waals surface area contributed by atoms with Crippen LogP contribution in [0.25, 0.3) is 11.2 Å². The number of benzene rings is 1. The van der Waals surface area contributed by atoms with E-state index in [0.29, 0.717) is 66.3 Å². The van der Waals surface area contributed by atoms with Gasteiger partial charge in [-0.05, 0) is 44.5 Å². The second-order valence-corrected chi connectivity index (χ2v) is 11.2. The van der Waals surface area contributed by atoms with E-state index in [1.807, 2.05) is 49.6 Å². The Kier molecular flexibility index (Phi) is 7.13. The second kappa shape index (κ2) is 10.9. The number of hydrogen-bond acceptors (Lipinski definition) is 10. The van der Waals surface area contributed by atoms with E-state index in [9.17, 15) is 4.79 Å². The van der Waals surface area contributed by atoms with Crippen molar-refractivity contribution in [2.24, 2.45) is 0 Å². The van der Waals surface area contributed by atoms with Crippen LogP contribution in [0.1, 0.15) is 38.0 Å². The van der Waals surface area contributed by atoms with E-state index < -0.39 is 5.60 Å². The molecule has 1 amide bonds. The van der Waals surface area contributed by atoms with Crippen molar-refractivity contribution in [1.29, 1.82) is 0 Å². The minimum absolute atomic E-state index is 0.121. The minimum atomic E-state index is -0.527. The fourth-order valence-electron chi connectivity index (χ4n) is 4.79. The third-order valence-corrected chi connectivity index (χ3v) is 6.88. The molecule has 0 radical (unpaired) electrons. The molecule has 3 aromatic heterocycles. The van der Waals surface area contributed by atoms with E-state index in [2.05, 4.69) is 15.0 Å². The number of pyridine rings is 2. The van der Waals surface area contributed by atoms with Crippen molar-refractivity contribution in [2.75, 3.05) is 33.9 Å². The van der Waals surface area contributed by atoms with Gasteiger partial charge >= 0.3 is 6.09 Å². The molecule has 1 unspecified atom stereocenters. The monoisotopic (exact) mass is 575 g/mol. The van der Waals surface area contributed by atoms with E-state index in [-0.39, 0.29) is 18.3 Å². The Balaban J connectivity index is 1.12. The van der Waals surface area contributed by atoms with Crippen LogP contribution in [0.4, 0.5) is 4.79 Å². The molecule has 0 bridgehead atoms. The maximum atomic E-state index is 12.2. The molecule has 0 saturated carbocycles. The lowest BCUT2D eigenvalue weighted by Gasteiger charge is -2.39. The molecule has 2 aliphatic heterocycles. The maximum absolute atomic E-state index is 12.2. The first-order chi connectivity index (χ1) is 20.2. The highest BCUT2D eigenvalue weighted by Crippen LogP contribution is 2.44. The summed E-state index contributed by atoms with van der Waals surface area (Å²) in [6.45, 7) is 7.30. The molecular formula is C30H33N5O7. The van der Waals surface area contributed by atoms with Gasteiger partial charge in [-0.2, -0.15) is 0 Å². The lowest BCUT2D eigenvalue weighted by Crippen LogP contribution is -2.57. The Morgan fingerprint density at radius 3 is 2.60 bits per heavy atom. The van der Waals surface area contributed by atoms with Gasteiger partial charge in [0.1, 0.15) is 29.6 Å². The van der Waals surface area contributed by atoms with E-state index in [4.69, 9.17) is 28.4 Å². The minimum Gasteiger partial charge on any atom is -0.493 e. The smallest absolute Gasteiger partial charge is 0.410 e. The van der Waals surface area contributed by atoms with Crippen LogP contribution in [0.15, 0.2) is 49.1 Å². The molecule has 1 saturated heterocycles. The van der Waals surface area contributed by atoms with Crippen LogP contribution in [-0.4, -0.2) is 76.1 Å². The standard InChI is InChI=1S/C30H33N5O7/c1-30(2,3)42-29(36)34-14-21(15-34)40-20-10-22-28(32-12-20)35(17-33-22)13-18-8-23(37-4)27-24(9-18)39-16-25(41-27)19-6-7-26(38-5)31-11-19/h6-12,17,21,25H,13-16H2,1-5H3. The van der Waals surface area contributed by atoms with Gasteiger partial charge in [0, 0.05) is 23.9 Å². The molecule has 1 aromatic carbocycles. The van der Waals surface area contributed by atoms with E-state index in [0.717, 1.165) is 11.1 Å². The van der Waals surface area contributed by atoms with Crippen LogP contribution in [0.5, 0.6) is 28.9 Å². The summed E-state index contributed by atoms with van der Waals surface area (Å²) in [6, 6.07) is 9.42. The van der Waals surface area contributed by atoms with Gasteiger partial charge in [-0.25, -0.2) is 19.7 Å². The third kappa shape index (κ3) is 5.69. The lowest BCUT2D eigenvalue weighted by molar-refractivity contribution is -0.0221. The molecule has 1 atom stereocenters. The summed E-state index contributed by atoms with van der Waals surface area (Å²) >= 11 is 0. The molecule has 42 heavy (non-hydrogen) atoms. The zero-order valence-electron chi connectivity index (χ0n) is 24.2. The van der Waals surface area contributed by atoms with Crippen LogP contribution < -0.4 is 23.7 Å². The Hall–Kier alpha value is -4.74. The SMILES string of the molecule is COc1ccc(C2COc3cc(Cn4cnc5cc(OC6CN(C(=O)OC(C)(C)C)C6)cnc54)cc(OC)c3O2)cn1. The van der Waals surface area contributed by atoms with Crippen molar-refractivity contribution in [3.63, 3.8) is 0 Å². The third-order valence-electron chi connectivity index (χ3n) is 6.88. The number of nitrogens with zero attached hydrogens (tertiary/aromatic N) is 5. The highest BCUT2D eigenvalue weighted by molar-refractivity contribution is 5.72. The summed E-state index contributed by atoms with van der Waals surface area (Å²) in [6.07, 6.45) is 4.36.